The molecule has 0 aliphatic carbocycles. The molecule has 8 heteroatoms. The molecule has 0 spiro atoms. The lowest BCUT2D eigenvalue weighted by atomic mass is 10.1. The number of hydrogen-bond donors (Lipinski definition) is 2. The van der Waals surface area contributed by atoms with E-state index in [4.69, 9.17) is 0 Å². The summed E-state index contributed by atoms with van der Waals surface area (Å²) in [5, 5.41) is 5.85. The Kier molecular flexibility index (Phi) is 5.89. The molecule has 0 aliphatic heterocycles. The van der Waals surface area contributed by atoms with Gasteiger partial charge in [0.05, 0.1) is 11.8 Å². The van der Waals surface area contributed by atoms with Gasteiger partial charge in [-0.15, -0.1) is 0 Å². The number of nitrogens with zero attached hydrogens (tertiary/aromatic N) is 1. The van der Waals surface area contributed by atoms with Crippen molar-refractivity contribution in [2.45, 2.75) is 19.5 Å². The van der Waals surface area contributed by atoms with Gasteiger partial charge in [0, 0.05) is 6.54 Å². The molecule has 0 unspecified atom stereocenters. The van der Waals surface area contributed by atoms with E-state index >= 15 is 0 Å². The topological polar surface area (TPSA) is 70.6 Å². The summed E-state index contributed by atoms with van der Waals surface area (Å²) in [6, 6.07) is 4.21. The van der Waals surface area contributed by atoms with Gasteiger partial charge in [0.2, 0.25) is 0 Å². The lowest BCUT2D eigenvalue weighted by Crippen LogP contribution is -2.38. The van der Waals surface area contributed by atoms with Crippen LogP contribution in [0.3, 0.4) is 0 Å². The number of rotatable bonds is 4. The van der Waals surface area contributed by atoms with E-state index in [9.17, 15) is 22.8 Å². The van der Waals surface area contributed by atoms with Gasteiger partial charge in [-0.3, -0.25) is 9.59 Å². The number of hydrogen-bond acceptors (Lipinski definition) is 3. The van der Waals surface area contributed by atoms with Crippen LogP contribution >= 0.6 is 0 Å². The van der Waals surface area contributed by atoms with Gasteiger partial charge < -0.3 is 5.32 Å². The van der Waals surface area contributed by atoms with E-state index in [0.717, 1.165) is 18.3 Å². The van der Waals surface area contributed by atoms with Crippen molar-refractivity contribution in [3.63, 3.8) is 0 Å². The quantitative estimate of drug-likeness (QED) is 0.504. The van der Waals surface area contributed by atoms with E-state index in [1.54, 1.807) is 0 Å². The molecule has 0 saturated carbocycles. The van der Waals surface area contributed by atoms with Crippen molar-refractivity contribution in [1.82, 2.24) is 10.7 Å². The second-order valence-electron chi connectivity index (χ2n) is 4.07. The first-order valence-electron chi connectivity index (χ1n) is 6.13. The van der Waals surface area contributed by atoms with Crippen LogP contribution in [0.2, 0.25) is 0 Å². The minimum absolute atomic E-state index is 0.359. The van der Waals surface area contributed by atoms with Crippen molar-refractivity contribution in [3.8, 4) is 0 Å². The molecule has 114 valence electrons. The van der Waals surface area contributed by atoms with Crippen molar-refractivity contribution in [2.24, 2.45) is 5.10 Å². The lowest BCUT2D eigenvalue weighted by molar-refractivity contribution is -0.139. The first kappa shape index (κ1) is 16.7. The predicted molar refractivity (Wildman–Crippen MR) is 70.5 cm³/mol. The fourth-order valence-corrected chi connectivity index (χ4v) is 1.29. The van der Waals surface area contributed by atoms with Gasteiger partial charge in [0.15, 0.2) is 0 Å². The maximum atomic E-state index is 12.3. The fourth-order valence-electron chi connectivity index (χ4n) is 1.29. The molecule has 5 nitrogen and oxygen atoms in total. The van der Waals surface area contributed by atoms with E-state index in [0.29, 0.717) is 18.5 Å². The second kappa shape index (κ2) is 7.41. The maximum absolute atomic E-state index is 12.3. The van der Waals surface area contributed by atoms with E-state index in [2.05, 4.69) is 10.4 Å². The van der Waals surface area contributed by atoms with E-state index in [1.807, 2.05) is 12.3 Å². The zero-order valence-electron chi connectivity index (χ0n) is 11.2. The highest BCUT2D eigenvalue weighted by atomic mass is 19.4. The number of amides is 2. The summed E-state index contributed by atoms with van der Waals surface area (Å²) in [7, 11) is 0. The number of alkyl halides is 3. The Balaban J connectivity index is 2.54. The highest BCUT2D eigenvalue weighted by Gasteiger charge is 2.29. The van der Waals surface area contributed by atoms with Gasteiger partial charge in [-0.2, -0.15) is 18.3 Å². The summed E-state index contributed by atoms with van der Waals surface area (Å²) < 4.78 is 37.0. The average molecular weight is 301 g/mol. The average Bonchev–Trinajstić information content (AvgIpc) is 2.44. The molecule has 21 heavy (non-hydrogen) atoms. The van der Waals surface area contributed by atoms with Crippen molar-refractivity contribution in [1.29, 1.82) is 0 Å². The Morgan fingerprint density at radius 1 is 1.19 bits per heavy atom. The second-order valence-corrected chi connectivity index (χ2v) is 4.07. The molecule has 0 atom stereocenters. The van der Waals surface area contributed by atoms with Gasteiger partial charge in [-0.05, 0) is 24.1 Å². The third-order valence-electron chi connectivity index (χ3n) is 2.36. The van der Waals surface area contributed by atoms with Crippen LogP contribution in [0.4, 0.5) is 13.2 Å². The van der Waals surface area contributed by atoms with Gasteiger partial charge in [-0.1, -0.05) is 19.1 Å². The third kappa shape index (κ3) is 5.64. The monoisotopic (exact) mass is 301 g/mol. The van der Waals surface area contributed by atoms with Crippen molar-refractivity contribution in [2.75, 3.05) is 6.54 Å². The maximum Gasteiger partial charge on any atom is 0.416 e. The van der Waals surface area contributed by atoms with Crippen molar-refractivity contribution in [3.05, 3.63) is 35.4 Å². The summed E-state index contributed by atoms with van der Waals surface area (Å²) in [6.45, 7) is 2.20. The summed E-state index contributed by atoms with van der Waals surface area (Å²) in [5.74, 6) is -1.76. The predicted octanol–water partition coefficient (Wildman–Crippen LogP) is 1.68. The first-order chi connectivity index (χ1) is 9.84. The van der Waals surface area contributed by atoms with Gasteiger partial charge in [0.25, 0.3) is 0 Å². The normalized spacial score (nSPS) is 11.4. The van der Waals surface area contributed by atoms with E-state index in [1.165, 1.54) is 12.1 Å². The Bertz CT molecular complexity index is 524. The third-order valence-corrected chi connectivity index (χ3v) is 2.36. The van der Waals surface area contributed by atoms with E-state index < -0.39 is 23.6 Å². The minimum Gasteiger partial charge on any atom is -0.348 e. The van der Waals surface area contributed by atoms with Crippen LogP contribution in [0.5, 0.6) is 0 Å². The molecule has 0 aromatic heterocycles. The zero-order valence-corrected chi connectivity index (χ0v) is 11.2. The smallest absolute Gasteiger partial charge is 0.348 e. The van der Waals surface area contributed by atoms with Crippen LogP contribution in [-0.2, 0) is 15.8 Å². The molecule has 1 aromatic rings. The Labute approximate surface area is 119 Å². The number of carbonyl (C=O) groups excluding carboxylic acids is 2. The van der Waals surface area contributed by atoms with Crippen LogP contribution in [0, 0.1) is 0 Å². The van der Waals surface area contributed by atoms with Gasteiger partial charge in [0.1, 0.15) is 0 Å². The van der Waals surface area contributed by atoms with Gasteiger partial charge in [-0.25, -0.2) is 5.43 Å². The Hall–Kier alpha value is -2.38. The molecule has 0 saturated heterocycles. The zero-order chi connectivity index (χ0) is 15.9. The Morgan fingerprint density at radius 3 is 2.33 bits per heavy atom. The molecule has 2 amide bonds. The molecule has 1 rings (SSSR count). The number of hydrazone groups is 1. The SMILES string of the molecule is CCCNC(=O)C(=O)N/N=C\c1ccc(C(F)(F)F)cc1. The number of nitrogens with one attached hydrogen (secondary N) is 2. The lowest BCUT2D eigenvalue weighted by Gasteiger charge is -2.05. The molecule has 2 N–H and O–H groups in total. The number of benzene rings is 1. The summed E-state index contributed by atoms with van der Waals surface area (Å²) >= 11 is 0. The standard InChI is InChI=1S/C13H14F3N3O2/c1-2-7-17-11(20)12(21)19-18-8-9-3-5-10(6-4-9)13(14,15)16/h3-6,8H,2,7H2,1H3,(H,17,20)(H,19,21)/b18-8-. The molecular formula is C13H14F3N3O2. The van der Waals surface area contributed by atoms with Crippen LogP contribution < -0.4 is 10.7 Å². The number of carbonyl (C=O) groups is 2. The minimum atomic E-state index is -4.40. The van der Waals surface area contributed by atoms with Crippen LogP contribution in [0.1, 0.15) is 24.5 Å². The van der Waals surface area contributed by atoms with E-state index in [-0.39, 0.29) is 0 Å². The first-order valence-corrected chi connectivity index (χ1v) is 6.13. The van der Waals surface area contributed by atoms with Crippen LogP contribution in [0.15, 0.2) is 29.4 Å². The summed E-state index contributed by atoms with van der Waals surface area (Å²) in [6.07, 6.45) is -2.57. The van der Waals surface area contributed by atoms with Crippen LogP contribution in [0.25, 0.3) is 0 Å². The molecule has 0 fully saturated rings. The van der Waals surface area contributed by atoms with Crippen molar-refractivity contribution < 1.29 is 22.8 Å². The summed E-state index contributed by atoms with van der Waals surface area (Å²) in [5.41, 5.74) is 1.56. The molecule has 0 aliphatic rings. The molecular weight excluding hydrogens is 287 g/mol. The van der Waals surface area contributed by atoms with Crippen LogP contribution in [-0.4, -0.2) is 24.6 Å². The molecule has 0 bridgehead atoms. The van der Waals surface area contributed by atoms with Crippen molar-refractivity contribution >= 4 is 18.0 Å². The molecule has 1 aromatic carbocycles. The van der Waals surface area contributed by atoms with Gasteiger partial charge >= 0.3 is 18.0 Å². The molecule has 0 radical (unpaired) electrons. The summed E-state index contributed by atoms with van der Waals surface area (Å²) in [4.78, 5) is 22.4. The molecule has 0 heterocycles. The number of halogens is 3. The highest BCUT2D eigenvalue weighted by Crippen LogP contribution is 2.28. The fraction of sp³-hybridized carbons (Fsp3) is 0.308. The largest absolute Gasteiger partial charge is 0.416 e. The Morgan fingerprint density at radius 2 is 1.81 bits per heavy atom. The highest BCUT2D eigenvalue weighted by molar-refractivity contribution is 6.35.